The smallest absolute Gasteiger partial charge is 0.344 e. The Hall–Kier alpha value is -1.28. The molecule has 0 aliphatic heterocycles. The van der Waals surface area contributed by atoms with Crippen molar-refractivity contribution >= 4 is 17.7 Å². The molecule has 0 bridgehead atoms. The predicted octanol–water partition coefficient (Wildman–Crippen LogP) is 0.632. The summed E-state index contributed by atoms with van der Waals surface area (Å²) in [5.74, 6) is 0.467. The summed E-state index contributed by atoms with van der Waals surface area (Å²) in [5.41, 5.74) is 4.66. The molecule has 1 atom stereocenters. The van der Waals surface area contributed by atoms with Crippen LogP contribution in [-0.2, 0) is 4.79 Å². The Labute approximate surface area is 128 Å². The van der Waals surface area contributed by atoms with Crippen molar-refractivity contribution in [3.05, 3.63) is 10.5 Å². The van der Waals surface area contributed by atoms with Gasteiger partial charge < -0.3 is 11.1 Å². The highest BCUT2D eigenvalue weighted by Crippen LogP contribution is 2.36. The minimum absolute atomic E-state index is 0.130. The number of thioether (sulfide) groups is 1. The molecule has 1 aromatic heterocycles. The van der Waals surface area contributed by atoms with Crippen LogP contribution in [0.2, 0.25) is 0 Å². The Kier molecular flexibility index (Phi) is 5.10. The first-order chi connectivity index (χ1) is 9.98. The van der Waals surface area contributed by atoms with Crippen molar-refractivity contribution in [2.24, 2.45) is 5.73 Å². The molecule has 1 aliphatic carbocycles. The molecule has 8 heteroatoms. The number of rotatable bonds is 9. The Balaban J connectivity index is 1.84. The van der Waals surface area contributed by atoms with E-state index in [1.54, 1.807) is 16.3 Å². The lowest BCUT2D eigenvalue weighted by atomic mass is 9.95. The van der Waals surface area contributed by atoms with E-state index in [0.29, 0.717) is 19.0 Å². The zero-order valence-corrected chi connectivity index (χ0v) is 13.3. The van der Waals surface area contributed by atoms with E-state index in [-0.39, 0.29) is 11.6 Å². The molecule has 1 aliphatic rings. The van der Waals surface area contributed by atoms with Crippen molar-refractivity contribution in [2.45, 2.75) is 56.3 Å². The topological polar surface area (TPSA) is 106 Å². The van der Waals surface area contributed by atoms with E-state index >= 15 is 0 Å². The highest BCUT2D eigenvalue weighted by atomic mass is 32.2. The highest BCUT2D eigenvalue weighted by molar-refractivity contribution is 7.99. The van der Waals surface area contributed by atoms with Gasteiger partial charge in [-0.25, -0.2) is 9.89 Å². The number of hydrogen-bond donors (Lipinski definition) is 3. The number of hydrogen-bond acceptors (Lipinski definition) is 5. The van der Waals surface area contributed by atoms with E-state index in [2.05, 4.69) is 15.5 Å². The van der Waals surface area contributed by atoms with E-state index in [1.807, 2.05) is 13.8 Å². The van der Waals surface area contributed by atoms with E-state index in [4.69, 9.17) is 5.73 Å². The molecule has 1 amide bonds. The van der Waals surface area contributed by atoms with Crippen LogP contribution in [0.25, 0.3) is 0 Å². The average Bonchev–Trinajstić information content (AvgIpc) is 3.19. The molecule has 0 saturated heterocycles. The molecule has 0 radical (unpaired) electrons. The lowest BCUT2D eigenvalue weighted by Crippen LogP contribution is -2.53. The number of aromatic amines is 1. The van der Waals surface area contributed by atoms with Gasteiger partial charge in [0.2, 0.25) is 5.91 Å². The zero-order valence-electron chi connectivity index (χ0n) is 12.5. The van der Waals surface area contributed by atoms with Crippen molar-refractivity contribution in [1.82, 2.24) is 20.1 Å². The number of carbonyl (C=O) groups excluding carboxylic acids is 1. The number of H-pyrrole nitrogens is 1. The van der Waals surface area contributed by atoms with Crippen molar-refractivity contribution in [1.29, 1.82) is 0 Å². The summed E-state index contributed by atoms with van der Waals surface area (Å²) in [6.45, 7) is 4.49. The number of amides is 1. The second-order valence-corrected chi connectivity index (χ2v) is 6.65. The van der Waals surface area contributed by atoms with Gasteiger partial charge in [-0.2, -0.15) is 0 Å². The zero-order chi connectivity index (χ0) is 15.5. The van der Waals surface area contributed by atoms with Gasteiger partial charge in [0, 0.05) is 11.8 Å². The quantitative estimate of drug-likeness (QED) is 0.458. The normalized spacial score (nSPS) is 17.6. The molecule has 2 rings (SSSR count). The number of nitrogens with zero attached hydrogens (tertiary/aromatic N) is 2. The van der Waals surface area contributed by atoms with Crippen molar-refractivity contribution < 1.29 is 4.79 Å². The first-order valence-corrected chi connectivity index (χ1v) is 8.31. The van der Waals surface area contributed by atoms with Gasteiger partial charge in [-0.05, 0) is 39.2 Å². The number of nitrogens with two attached hydrogens (primary N) is 1. The van der Waals surface area contributed by atoms with Crippen LogP contribution < -0.4 is 16.7 Å². The van der Waals surface area contributed by atoms with Crippen molar-refractivity contribution in [2.75, 3.05) is 12.3 Å². The summed E-state index contributed by atoms with van der Waals surface area (Å²) in [6, 6.07) is 0.316. The van der Waals surface area contributed by atoms with Crippen LogP contribution >= 0.6 is 11.8 Å². The first kappa shape index (κ1) is 16.1. The summed E-state index contributed by atoms with van der Waals surface area (Å²) < 4.78 is 1.74. The summed E-state index contributed by atoms with van der Waals surface area (Å²) in [6.07, 6.45) is 3.59. The monoisotopic (exact) mass is 313 g/mol. The van der Waals surface area contributed by atoms with Gasteiger partial charge in [-0.3, -0.25) is 9.36 Å². The van der Waals surface area contributed by atoms with Crippen LogP contribution in [0.5, 0.6) is 0 Å². The number of aromatic nitrogens is 3. The largest absolute Gasteiger partial charge is 0.368 e. The molecule has 1 aromatic rings. The predicted molar refractivity (Wildman–Crippen MR) is 82.4 cm³/mol. The molecule has 4 N–H and O–H groups in total. The van der Waals surface area contributed by atoms with E-state index < -0.39 is 5.54 Å². The van der Waals surface area contributed by atoms with Gasteiger partial charge in [0.1, 0.15) is 0 Å². The third kappa shape index (κ3) is 3.88. The fourth-order valence-corrected chi connectivity index (χ4v) is 3.28. The van der Waals surface area contributed by atoms with Gasteiger partial charge >= 0.3 is 5.69 Å². The van der Waals surface area contributed by atoms with E-state index in [9.17, 15) is 9.59 Å². The molecular weight excluding hydrogens is 290 g/mol. The molecule has 1 fully saturated rings. The van der Waals surface area contributed by atoms with Crippen LogP contribution in [0.3, 0.4) is 0 Å². The summed E-state index contributed by atoms with van der Waals surface area (Å²) >= 11 is 1.55. The van der Waals surface area contributed by atoms with Crippen LogP contribution in [0.15, 0.2) is 9.95 Å². The van der Waals surface area contributed by atoms with Gasteiger partial charge in [-0.15, -0.1) is 5.10 Å². The standard InChI is InChI=1S/C13H23N5O2S/c1-3-15-13(2,10(14)19)7-4-8-21-12-17-16-11(20)18(12)9-5-6-9/h9,15H,3-8H2,1-2H3,(H2,14,19)(H,16,20). The molecule has 118 valence electrons. The SMILES string of the molecule is CCNC(C)(CCCSc1n[nH]c(=O)n1C1CC1)C(N)=O. The van der Waals surface area contributed by atoms with Crippen molar-refractivity contribution in [3.63, 3.8) is 0 Å². The van der Waals surface area contributed by atoms with Crippen LogP contribution in [0, 0.1) is 0 Å². The molecule has 1 heterocycles. The molecule has 0 spiro atoms. The first-order valence-electron chi connectivity index (χ1n) is 7.32. The summed E-state index contributed by atoms with van der Waals surface area (Å²) in [5, 5.41) is 10.5. The molecule has 1 unspecified atom stereocenters. The second kappa shape index (κ2) is 6.65. The molecule has 0 aromatic carbocycles. The maximum atomic E-state index is 11.6. The Bertz CT molecular complexity index is 551. The molecule has 1 saturated carbocycles. The number of likely N-dealkylation sites (N-methyl/N-ethyl adjacent to an activating group) is 1. The minimum atomic E-state index is -0.670. The third-order valence-corrected chi connectivity index (χ3v) is 4.79. The summed E-state index contributed by atoms with van der Waals surface area (Å²) in [4.78, 5) is 23.2. The summed E-state index contributed by atoms with van der Waals surface area (Å²) in [7, 11) is 0. The lowest BCUT2D eigenvalue weighted by Gasteiger charge is -2.26. The van der Waals surface area contributed by atoms with Gasteiger partial charge in [0.15, 0.2) is 5.16 Å². The van der Waals surface area contributed by atoms with Gasteiger partial charge in [-0.1, -0.05) is 18.7 Å². The number of nitrogens with one attached hydrogen (secondary N) is 2. The molecule has 21 heavy (non-hydrogen) atoms. The Morgan fingerprint density at radius 2 is 2.33 bits per heavy atom. The van der Waals surface area contributed by atoms with Gasteiger partial charge in [0.25, 0.3) is 0 Å². The minimum Gasteiger partial charge on any atom is -0.368 e. The van der Waals surface area contributed by atoms with Crippen LogP contribution in [0.1, 0.15) is 45.6 Å². The number of carbonyl (C=O) groups is 1. The third-order valence-electron chi connectivity index (χ3n) is 3.75. The highest BCUT2D eigenvalue weighted by Gasteiger charge is 2.30. The number of primary amides is 1. The molecular formula is C13H23N5O2S. The average molecular weight is 313 g/mol. The van der Waals surface area contributed by atoms with Crippen molar-refractivity contribution in [3.8, 4) is 0 Å². The fraction of sp³-hybridized carbons (Fsp3) is 0.769. The Morgan fingerprint density at radius 3 is 2.90 bits per heavy atom. The van der Waals surface area contributed by atoms with Gasteiger partial charge in [0.05, 0.1) is 5.54 Å². The molecule has 7 nitrogen and oxygen atoms in total. The van der Waals surface area contributed by atoms with Crippen LogP contribution in [-0.4, -0.2) is 38.5 Å². The maximum Gasteiger partial charge on any atom is 0.344 e. The van der Waals surface area contributed by atoms with E-state index in [0.717, 1.165) is 30.2 Å². The lowest BCUT2D eigenvalue weighted by molar-refractivity contribution is -0.124. The maximum absolute atomic E-state index is 11.6. The second-order valence-electron chi connectivity index (χ2n) is 5.59. The van der Waals surface area contributed by atoms with Crippen LogP contribution in [0.4, 0.5) is 0 Å². The van der Waals surface area contributed by atoms with E-state index in [1.165, 1.54) is 0 Å². The Morgan fingerprint density at radius 1 is 1.62 bits per heavy atom. The fourth-order valence-electron chi connectivity index (χ4n) is 2.32.